The lowest BCUT2D eigenvalue weighted by Gasteiger charge is -2.13. The van der Waals surface area contributed by atoms with Gasteiger partial charge >= 0.3 is 0 Å². The van der Waals surface area contributed by atoms with Gasteiger partial charge in [0.1, 0.15) is 12.0 Å². The van der Waals surface area contributed by atoms with Crippen molar-refractivity contribution in [2.24, 2.45) is 0 Å². The fourth-order valence-electron chi connectivity index (χ4n) is 1.83. The first-order valence-corrected chi connectivity index (χ1v) is 6.70. The van der Waals surface area contributed by atoms with E-state index >= 15 is 0 Å². The van der Waals surface area contributed by atoms with E-state index in [1.54, 1.807) is 24.8 Å². The van der Waals surface area contributed by atoms with Crippen molar-refractivity contribution in [1.29, 1.82) is 0 Å². The van der Waals surface area contributed by atoms with Gasteiger partial charge in [0, 0.05) is 18.0 Å². The molecule has 0 aliphatic heterocycles. The molecule has 1 N–H and O–H groups in total. The molecule has 0 aliphatic rings. The van der Waals surface area contributed by atoms with Crippen LogP contribution >= 0.6 is 0 Å². The van der Waals surface area contributed by atoms with Crippen LogP contribution in [-0.2, 0) is 18.4 Å². The van der Waals surface area contributed by atoms with Gasteiger partial charge in [-0.3, -0.25) is 0 Å². The van der Waals surface area contributed by atoms with Gasteiger partial charge < -0.3 is 9.52 Å². The third kappa shape index (κ3) is 3.90. The highest BCUT2D eigenvalue weighted by Gasteiger charge is 2.20. The van der Waals surface area contributed by atoms with Gasteiger partial charge in [0.25, 0.3) is 0 Å². The third-order valence-electron chi connectivity index (χ3n) is 2.72. The fourth-order valence-corrected chi connectivity index (χ4v) is 1.83. The second kappa shape index (κ2) is 5.01. The Labute approximate surface area is 118 Å². The second-order valence-corrected chi connectivity index (χ2v) is 6.79. The van der Waals surface area contributed by atoms with Gasteiger partial charge in [0.05, 0.1) is 17.8 Å². The quantitative estimate of drug-likeness (QED) is 0.924. The Hall–Kier alpha value is -1.69. The van der Waals surface area contributed by atoms with Gasteiger partial charge in [-0.15, -0.1) is 5.10 Å². The number of aliphatic hydroxyl groups is 1. The SMILES string of the molecule is CC(C)(O)Cc1cn(Cc2coc(C(C)(C)C)n2)nn1. The van der Waals surface area contributed by atoms with E-state index in [-0.39, 0.29) is 5.41 Å². The zero-order chi connectivity index (χ0) is 15.0. The fraction of sp³-hybridized carbons (Fsp3) is 0.643. The number of rotatable bonds is 4. The summed E-state index contributed by atoms with van der Waals surface area (Å²) in [5.41, 5.74) is 0.688. The van der Waals surface area contributed by atoms with E-state index in [1.165, 1.54) is 0 Å². The number of hydrogen-bond donors (Lipinski definition) is 1. The monoisotopic (exact) mass is 278 g/mol. The van der Waals surface area contributed by atoms with E-state index in [2.05, 4.69) is 36.1 Å². The van der Waals surface area contributed by atoms with Gasteiger partial charge in [-0.25, -0.2) is 9.67 Å². The molecule has 0 spiro atoms. The van der Waals surface area contributed by atoms with Crippen LogP contribution in [0.4, 0.5) is 0 Å². The molecule has 6 heteroatoms. The first-order chi connectivity index (χ1) is 9.13. The minimum atomic E-state index is -0.784. The lowest BCUT2D eigenvalue weighted by Crippen LogP contribution is -2.22. The van der Waals surface area contributed by atoms with Crippen molar-refractivity contribution in [1.82, 2.24) is 20.0 Å². The first-order valence-electron chi connectivity index (χ1n) is 6.70. The molecule has 0 aliphatic carbocycles. The van der Waals surface area contributed by atoms with Crippen molar-refractivity contribution in [2.75, 3.05) is 0 Å². The van der Waals surface area contributed by atoms with Crippen LogP contribution in [0, 0.1) is 0 Å². The molecule has 0 atom stereocenters. The van der Waals surface area contributed by atoms with Crippen molar-refractivity contribution >= 4 is 0 Å². The number of oxazole rings is 1. The van der Waals surface area contributed by atoms with Gasteiger partial charge in [0.15, 0.2) is 5.89 Å². The first kappa shape index (κ1) is 14.7. The van der Waals surface area contributed by atoms with E-state index < -0.39 is 5.60 Å². The van der Waals surface area contributed by atoms with Gasteiger partial charge in [-0.1, -0.05) is 26.0 Å². The van der Waals surface area contributed by atoms with Crippen LogP contribution in [0.25, 0.3) is 0 Å². The molecule has 0 saturated heterocycles. The Balaban J connectivity index is 2.06. The van der Waals surface area contributed by atoms with Crippen molar-refractivity contribution in [2.45, 2.75) is 58.6 Å². The molecule has 0 unspecified atom stereocenters. The molecule has 0 saturated carbocycles. The molecule has 0 amide bonds. The maximum absolute atomic E-state index is 9.76. The Bertz CT molecular complexity index is 572. The summed E-state index contributed by atoms with van der Waals surface area (Å²) in [6.07, 6.45) is 3.94. The highest BCUT2D eigenvalue weighted by atomic mass is 16.3. The van der Waals surface area contributed by atoms with Crippen molar-refractivity contribution < 1.29 is 9.52 Å². The molecule has 2 heterocycles. The lowest BCUT2D eigenvalue weighted by atomic mass is 9.97. The molecular weight excluding hydrogens is 256 g/mol. The zero-order valence-corrected chi connectivity index (χ0v) is 12.7. The summed E-state index contributed by atoms with van der Waals surface area (Å²) in [6.45, 7) is 10.2. The maximum atomic E-state index is 9.76. The molecule has 0 aromatic carbocycles. The van der Waals surface area contributed by atoms with Gasteiger partial charge in [-0.2, -0.15) is 0 Å². The number of nitrogens with zero attached hydrogens (tertiary/aromatic N) is 4. The van der Waals surface area contributed by atoms with Crippen LogP contribution in [0.1, 0.15) is 51.9 Å². The Morgan fingerprint density at radius 3 is 2.45 bits per heavy atom. The van der Waals surface area contributed by atoms with Crippen LogP contribution in [-0.4, -0.2) is 30.7 Å². The molecule has 110 valence electrons. The van der Waals surface area contributed by atoms with Crippen molar-refractivity contribution in [3.8, 4) is 0 Å². The van der Waals surface area contributed by atoms with Crippen LogP contribution in [0.3, 0.4) is 0 Å². The zero-order valence-electron chi connectivity index (χ0n) is 12.7. The summed E-state index contributed by atoms with van der Waals surface area (Å²) in [6, 6.07) is 0. The van der Waals surface area contributed by atoms with E-state index in [9.17, 15) is 5.11 Å². The standard InChI is InChI=1S/C14H22N4O2/c1-13(2,3)12-15-11(9-20-12)8-18-7-10(16-17-18)6-14(4,5)19/h7,9,19H,6,8H2,1-5H3. The minimum absolute atomic E-state index is 0.104. The predicted octanol–water partition coefficient (Wildman–Crippen LogP) is 1.93. The summed E-state index contributed by atoms with van der Waals surface area (Å²) in [5.74, 6) is 0.712. The normalized spacial score (nSPS) is 12.9. The summed E-state index contributed by atoms with van der Waals surface area (Å²) in [5, 5.41) is 17.8. The Morgan fingerprint density at radius 2 is 1.90 bits per heavy atom. The second-order valence-electron chi connectivity index (χ2n) is 6.79. The van der Waals surface area contributed by atoms with E-state index in [0.717, 1.165) is 11.4 Å². The molecule has 2 rings (SSSR count). The highest BCUT2D eigenvalue weighted by molar-refractivity contribution is 5.05. The van der Waals surface area contributed by atoms with Crippen LogP contribution in [0.2, 0.25) is 0 Å². The molecule has 20 heavy (non-hydrogen) atoms. The summed E-state index contributed by atoms with van der Waals surface area (Å²) in [7, 11) is 0. The predicted molar refractivity (Wildman–Crippen MR) is 74.3 cm³/mol. The highest BCUT2D eigenvalue weighted by Crippen LogP contribution is 2.21. The minimum Gasteiger partial charge on any atom is -0.448 e. The van der Waals surface area contributed by atoms with Crippen molar-refractivity contribution in [3.05, 3.63) is 29.7 Å². The lowest BCUT2D eigenvalue weighted by molar-refractivity contribution is 0.0799. The maximum Gasteiger partial charge on any atom is 0.199 e. The molecule has 0 radical (unpaired) electrons. The summed E-state index contributed by atoms with van der Waals surface area (Å²) >= 11 is 0. The number of aromatic nitrogens is 4. The van der Waals surface area contributed by atoms with Gasteiger partial charge in [-0.05, 0) is 13.8 Å². The van der Waals surface area contributed by atoms with E-state index in [1.807, 2.05) is 6.20 Å². The Morgan fingerprint density at radius 1 is 1.20 bits per heavy atom. The molecule has 0 fully saturated rings. The van der Waals surface area contributed by atoms with E-state index in [0.29, 0.717) is 18.9 Å². The van der Waals surface area contributed by atoms with Crippen molar-refractivity contribution in [3.63, 3.8) is 0 Å². The summed E-state index contributed by atoms with van der Waals surface area (Å²) in [4.78, 5) is 4.46. The third-order valence-corrected chi connectivity index (χ3v) is 2.72. The number of hydrogen-bond acceptors (Lipinski definition) is 5. The summed E-state index contributed by atoms with van der Waals surface area (Å²) < 4.78 is 7.18. The Kier molecular flexibility index (Phi) is 3.69. The van der Waals surface area contributed by atoms with Crippen LogP contribution in [0.15, 0.2) is 16.9 Å². The molecule has 2 aromatic rings. The largest absolute Gasteiger partial charge is 0.448 e. The molecule has 0 bridgehead atoms. The van der Waals surface area contributed by atoms with E-state index in [4.69, 9.17) is 4.42 Å². The van der Waals surface area contributed by atoms with Gasteiger partial charge in [0.2, 0.25) is 0 Å². The van der Waals surface area contributed by atoms with Crippen LogP contribution < -0.4 is 0 Å². The average Bonchev–Trinajstić information content (AvgIpc) is 2.85. The molecular formula is C14H22N4O2. The van der Waals surface area contributed by atoms with Crippen LogP contribution in [0.5, 0.6) is 0 Å². The topological polar surface area (TPSA) is 77.0 Å². The average molecular weight is 278 g/mol. The molecule has 6 nitrogen and oxygen atoms in total. The smallest absolute Gasteiger partial charge is 0.199 e. The molecule has 2 aromatic heterocycles.